The van der Waals surface area contributed by atoms with E-state index in [9.17, 15) is 8.42 Å². The van der Waals surface area contributed by atoms with Crippen molar-refractivity contribution in [3.8, 4) is 0 Å². The van der Waals surface area contributed by atoms with Gasteiger partial charge in [0.25, 0.3) is 0 Å². The molecule has 1 aromatic rings. The summed E-state index contributed by atoms with van der Waals surface area (Å²) in [5.41, 5.74) is 0.564. The van der Waals surface area contributed by atoms with Crippen LogP contribution in [0.1, 0.15) is 6.42 Å². The lowest BCUT2D eigenvalue weighted by molar-refractivity contribution is 0.405. The van der Waals surface area contributed by atoms with Crippen LogP contribution in [0.15, 0.2) is 29.2 Å². The first kappa shape index (κ1) is 14.0. The molecule has 0 heterocycles. The third-order valence-electron chi connectivity index (χ3n) is 2.29. The zero-order valence-corrected chi connectivity index (χ0v) is 11.0. The largest absolute Gasteiger partial charge is 0.384 e. The Labute approximate surface area is 103 Å². The molecule has 1 aromatic carbocycles. The highest BCUT2D eigenvalue weighted by Crippen LogP contribution is 2.18. The van der Waals surface area contributed by atoms with Crippen LogP contribution in [0.5, 0.6) is 0 Å². The number of anilines is 1. The Hall–Kier alpha value is -1.11. The summed E-state index contributed by atoms with van der Waals surface area (Å²) in [5.74, 6) is 0. The lowest BCUT2D eigenvalue weighted by Gasteiger charge is -2.12. The number of sulfonamides is 1. The monoisotopic (exact) mass is 257 g/mol. The number of primary sulfonamides is 1. The minimum Gasteiger partial charge on any atom is -0.384 e. The molecule has 0 bridgehead atoms. The standard InChI is InChI=1S/C11H19N3O2S/c1-14(2)9-5-8-13-10-6-3-4-7-11(10)17(12,15)16/h3-4,6-7,13H,5,8-9H2,1-2H3,(H2,12,15,16). The summed E-state index contributed by atoms with van der Waals surface area (Å²) in [7, 11) is 0.337. The normalized spacial score (nSPS) is 11.8. The van der Waals surface area contributed by atoms with Gasteiger partial charge < -0.3 is 10.2 Å². The fourth-order valence-electron chi connectivity index (χ4n) is 1.48. The number of nitrogens with one attached hydrogen (secondary N) is 1. The van der Waals surface area contributed by atoms with E-state index in [4.69, 9.17) is 5.14 Å². The summed E-state index contributed by atoms with van der Waals surface area (Å²) in [6.07, 6.45) is 0.936. The lowest BCUT2D eigenvalue weighted by Crippen LogP contribution is -2.18. The van der Waals surface area contributed by atoms with Crippen LogP contribution in [0, 0.1) is 0 Å². The van der Waals surface area contributed by atoms with Gasteiger partial charge in [-0.2, -0.15) is 0 Å². The van der Waals surface area contributed by atoms with Gasteiger partial charge in [0, 0.05) is 6.54 Å². The van der Waals surface area contributed by atoms with Crippen molar-refractivity contribution in [3.63, 3.8) is 0 Å². The summed E-state index contributed by atoms with van der Waals surface area (Å²) in [4.78, 5) is 2.22. The molecule has 96 valence electrons. The van der Waals surface area contributed by atoms with Gasteiger partial charge in [-0.1, -0.05) is 12.1 Å². The molecule has 0 saturated carbocycles. The highest BCUT2D eigenvalue weighted by Gasteiger charge is 2.12. The molecule has 0 aromatic heterocycles. The molecule has 0 saturated heterocycles. The van der Waals surface area contributed by atoms with Crippen LogP contribution in [-0.2, 0) is 10.0 Å². The first-order valence-electron chi connectivity index (χ1n) is 5.41. The molecule has 0 fully saturated rings. The van der Waals surface area contributed by atoms with Crippen LogP contribution in [0.3, 0.4) is 0 Å². The van der Waals surface area contributed by atoms with E-state index in [1.165, 1.54) is 6.07 Å². The zero-order chi connectivity index (χ0) is 12.9. The average molecular weight is 257 g/mol. The molecule has 0 aliphatic rings. The van der Waals surface area contributed by atoms with Gasteiger partial charge in [-0.25, -0.2) is 13.6 Å². The third-order valence-corrected chi connectivity index (χ3v) is 3.26. The topological polar surface area (TPSA) is 75.4 Å². The SMILES string of the molecule is CN(C)CCCNc1ccccc1S(N)(=O)=O. The van der Waals surface area contributed by atoms with Gasteiger partial charge in [0.05, 0.1) is 5.69 Å². The van der Waals surface area contributed by atoms with Crippen molar-refractivity contribution in [1.29, 1.82) is 0 Å². The van der Waals surface area contributed by atoms with Crippen molar-refractivity contribution in [2.75, 3.05) is 32.5 Å². The highest BCUT2D eigenvalue weighted by atomic mass is 32.2. The van der Waals surface area contributed by atoms with Gasteiger partial charge in [-0.3, -0.25) is 0 Å². The van der Waals surface area contributed by atoms with Crippen molar-refractivity contribution in [2.45, 2.75) is 11.3 Å². The van der Waals surface area contributed by atoms with Crippen molar-refractivity contribution in [1.82, 2.24) is 4.90 Å². The van der Waals surface area contributed by atoms with Crippen LogP contribution in [0.2, 0.25) is 0 Å². The Bertz CT molecular complexity index is 458. The quantitative estimate of drug-likeness (QED) is 0.736. The second kappa shape index (κ2) is 6.00. The molecule has 0 radical (unpaired) electrons. The van der Waals surface area contributed by atoms with E-state index in [0.717, 1.165) is 13.0 Å². The Morgan fingerprint density at radius 3 is 2.53 bits per heavy atom. The van der Waals surface area contributed by atoms with E-state index in [0.29, 0.717) is 12.2 Å². The van der Waals surface area contributed by atoms with Crippen molar-refractivity contribution < 1.29 is 8.42 Å². The molecule has 0 aliphatic carbocycles. The summed E-state index contributed by atoms with van der Waals surface area (Å²) in [6.45, 7) is 1.66. The predicted molar refractivity (Wildman–Crippen MR) is 69.5 cm³/mol. The molecule has 1 rings (SSSR count). The molecule has 0 aliphatic heterocycles. The van der Waals surface area contributed by atoms with Crippen LogP contribution >= 0.6 is 0 Å². The maximum absolute atomic E-state index is 11.3. The van der Waals surface area contributed by atoms with Gasteiger partial charge in [-0.05, 0) is 39.2 Å². The second-order valence-electron chi connectivity index (χ2n) is 4.12. The number of nitrogens with zero attached hydrogens (tertiary/aromatic N) is 1. The molecule has 3 N–H and O–H groups in total. The first-order chi connectivity index (χ1) is 7.91. The number of nitrogens with two attached hydrogens (primary N) is 1. The van der Waals surface area contributed by atoms with Crippen molar-refractivity contribution >= 4 is 15.7 Å². The number of hydrogen-bond acceptors (Lipinski definition) is 4. The van der Waals surface area contributed by atoms with Gasteiger partial charge in [0.1, 0.15) is 4.90 Å². The maximum Gasteiger partial charge on any atom is 0.240 e. The van der Waals surface area contributed by atoms with E-state index >= 15 is 0 Å². The minimum atomic E-state index is -3.66. The number of rotatable bonds is 6. The summed E-state index contributed by atoms with van der Waals surface area (Å²) >= 11 is 0. The lowest BCUT2D eigenvalue weighted by atomic mass is 10.3. The molecule has 17 heavy (non-hydrogen) atoms. The Balaban J connectivity index is 2.65. The molecule has 6 heteroatoms. The van der Waals surface area contributed by atoms with Crippen LogP contribution < -0.4 is 10.5 Å². The summed E-state index contributed by atoms with van der Waals surface area (Å²) in [5, 5.41) is 8.22. The summed E-state index contributed by atoms with van der Waals surface area (Å²) in [6, 6.07) is 6.66. The van der Waals surface area contributed by atoms with Gasteiger partial charge in [0.2, 0.25) is 10.0 Å². The van der Waals surface area contributed by atoms with E-state index in [1.807, 2.05) is 14.1 Å². The van der Waals surface area contributed by atoms with E-state index in [-0.39, 0.29) is 4.90 Å². The second-order valence-corrected chi connectivity index (χ2v) is 5.65. The van der Waals surface area contributed by atoms with E-state index in [1.54, 1.807) is 18.2 Å². The van der Waals surface area contributed by atoms with Gasteiger partial charge >= 0.3 is 0 Å². The van der Waals surface area contributed by atoms with Crippen LogP contribution in [-0.4, -0.2) is 40.5 Å². The fourth-order valence-corrected chi connectivity index (χ4v) is 2.19. The third kappa shape index (κ3) is 4.72. The molecule has 0 spiro atoms. The molecule has 0 amide bonds. The minimum absolute atomic E-state index is 0.143. The Morgan fingerprint density at radius 2 is 1.94 bits per heavy atom. The van der Waals surface area contributed by atoms with Crippen molar-refractivity contribution in [3.05, 3.63) is 24.3 Å². The number of hydrogen-bond donors (Lipinski definition) is 2. The molecule has 0 atom stereocenters. The highest BCUT2D eigenvalue weighted by molar-refractivity contribution is 7.89. The fraction of sp³-hybridized carbons (Fsp3) is 0.455. The summed E-state index contributed by atoms with van der Waals surface area (Å²) < 4.78 is 22.6. The zero-order valence-electron chi connectivity index (χ0n) is 10.2. The Morgan fingerprint density at radius 1 is 1.29 bits per heavy atom. The first-order valence-corrected chi connectivity index (χ1v) is 6.96. The number of para-hydroxylation sites is 1. The van der Waals surface area contributed by atoms with Crippen LogP contribution in [0.4, 0.5) is 5.69 Å². The number of benzene rings is 1. The van der Waals surface area contributed by atoms with Gasteiger partial charge in [0.15, 0.2) is 0 Å². The molecule has 5 nitrogen and oxygen atoms in total. The predicted octanol–water partition coefficient (Wildman–Crippen LogP) is 0.698. The van der Waals surface area contributed by atoms with Crippen molar-refractivity contribution in [2.24, 2.45) is 5.14 Å². The molecule has 0 unspecified atom stereocenters. The van der Waals surface area contributed by atoms with Gasteiger partial charge in [-0.15, -0.1) is 0 Å². The average Bonchev–Trinajstić information content (AvgIpc) is 2.23. The molecular formula is C11H19N3O2S. The molecular weight excluding hydrogens is 238 g/mol. The van der Waals surface area contributed by atoms with E-state index < -0.39 is 10.0 Å². The Kier molecular flexibility index (Phi) is 4.92. The van der Waals surface area contributed by atoms with E-state index in [2.05, 4.69) is 10.2 Å². The van der Waals surface area contributed by atoms with Crippen LogP contribution in [0.25, 0.3) is 0 Å². The smallest absolute Gasteiger partial charge is 0.240 e. The maximum atomic E-state index is 11.3.